The second kappa shape index (κ2) is 4.24. The summed E-state index contributed by atoms with van der Waals surface area (Å²) in [5.41, 5.74) is 6.80. The largest absolute Gasteiger partial charge is 0.480 e. The smallest absolute Gasteiger partial charge is 0.320 e. The highest BCUT2D eigenvalue weighted by atomic mass is 16.4. The van der Waals surface area contributed by atoms with Crippen LogP contribution in [0.1, 0.15) is 5.69 Å². The molecule has 0 aliphatic heterocycles. The molecule has 0 spiro atoms. The highest BCUT2D eigenvalue weighted by molar-refractivity contribution is 5.78. The number of nitrogens with two attached hydrogens (primary N) is 1. The van der Waals surface area contributed by atoms with E-state index in [2.05, 4.69) is 10.2 Å². The van der Waals surface area contributed by atoms with Gasteiger partial charge in [0, 0.05) is 11.8 Å². The molecule has 0 aliphatic rings. The molecule has 0 amide bonds. The third-order valence-corrected chi connectivity index (χ3v) is 2.29. The van der Waals surface area contributed by atoms with Gasteiger partial charge in [-0.25, -0.2) is 0 Å². The summed E-state index contributed by atoms with van der Waals surface area (Å²) in [7, 11) is 0. The molecule has 0 saturated heterocycles. The molecular weight excluding hydrogens is 206 g/mol. The number of aliphatic carboxylic acids is 1. The molecule has 5 nitrogen and oxygen atoms in total. The number of carbonyl (C=O) groups is 1. The molecule has 0 bridgehead atoms. The van der Waals surface area contributed by atoms with E-state index in [4.69, 9.17) is 10.8 Å². The maximum Gasteiger partial charge on any atom is 0.320 e. The Morgan fingerprint density at radius 1 is 1.38 bits per heavy atom. The van der Waals surface area contributed by atoms with E-state index in [1.807, 2.05) is 30.3 Å². The summed E-state index contributed by atoms with van der Waals surface area (Å²) in [6.07, 6.45) is 0.188. The summed E-state index contributed by atoms with van der Waals surface area (Å²) >= 11 is 0. The van der Waals surface area contributed by atoms with E-state index in [0.717, 1.165) is 10.9 Å². The van der Waals surface area contributed by atoms with Crippen LogP contribution in [0.4, 0.5) is 0 Å². The number of carboxylic acids is 1. The van der Waals surface area contributed by atoms with Crippen LogP contribution >= 0.6 is 0 Å². The van der Waals surface area contributed by atoms with Crippen LogP contribution < -0.4 is 5.73 Å². The summed E-state index contributed by atoms with van der Waals surface area (Å²) in [4.78, 5) is 10.6. The fourth-order valence-electron chi connectivity index (χ4n) is 1.44. The van der Waals surface area contributed by atoms with Gasteiger partial charge < -0.3 is 10.8 Å². The number of hydrogen-bond donors (Lipinski definition) is 2. The van der Waals surface area contributed by atoms with Gasteiger partial charge in [0.05, 0.1) is 11.2 Å². The minimum absolute atomic E-state index is 0.188. The number of fused-ring (bicyclic) bond motifs is 1. The zero-order valence-electron chi connectivity index (χ0n) is 8.50. The van der Waals surface area contributed by atoms with Gasteiger partial charge in [-0.15, -0.1) is 0 Å². The molecule has 5 heteroatoms. The number of rotatable bonds is 3. The van der Waals surface area contributed by atoms with E-state index in [9.17, 15) is 4.79 Å². The Hall–Kier alpha value is -2.01. The summed E-state index contributed by atoms with van der Waals surface area (Å²) in [5, 5.41) is 17.5. The first-order valence-electron chi connectivity index (χ1n) is 4.86. The maximum atomic E-state index is 10.6. The summed E-state index contributed by atoms with van der Waals surface area (Å²) in [5.74, 6) is -1.03. The van der Waals surface area contributed by atoms with Crippen molar-refractivity contribution in [1.82, 2.24) is 10.2 Å². The Kier molecular flexibility index (Phi) is 2.78. The maximum absolute atomic E-state index is 10.6. The van der Waals surface area contributed by atoms with Gasteiger partial charge in [-0.2, -0.15) is 10.2 Å². The lowest BCUT2D eigenvalue weighted by Gasteiger charge is -2.05. The Morgan fingerprint density at radius 2 is 2.12 bits per heavy atom. The van der Waals surface area contributed by atoms with Crippen molar-refractivity contribution in [1.29, 1.82) is 0 Å². The first-order valence-corrected chi connectivity index (χ1v) is 4.86. The van der Waals surface area contributed by atoms with Crippen molar-refractivity contribution in [2.75, 3.05) is 0 Å². The number of aromatic nitrogens is 2. The molecule has 0 aliphatic carbocycles. The SMILES string of the molecule is NC(Cc1cc2ccccc2nn1)C(=O)O. The molecule has 0 saturated carbocycles. The van der Waals surface area contributed by atoms with Crippen LogP contribution in [-0.4, -0.2) is 27.3 Å². The standard InChI is InChI=1S/C11H11N3O2/c12-9(11(15)16)6-8-5-7-3-1-2-4-10(7)14-13-8/h1-5,9H,6,12H2,(H,15,16). The molecule has 1 heterocycles. The van der Waals surface area contributed by atoms with Crippen molar-refractivity contribution in [3.05, 3.63) is 36.0 Å². The number of hydrogen-bond acceptors (Lipinski definition) is 4. The van der Waals surface area contributed by atoms with E-state index in [0.29, 0.717) is 5.69 Å². The van der Waals surface area contributed by atoms with Gasteiger partial charge in [0.2, 0.25) is 0 Å². The quantitative estimate of drug-likeness (QED) is 0.785. The van der Waals surface area contributed by atoms with Gasteiger partial charge in [0.1, 0.15) is 6.04 Å². The topological polar surface area (TPSA) is 89.1 Å². The first kappa shape index (κ1) is 10.5. The molecule has 2 aromatic rings. The Labute approximate surface area is 91.9 Å². The second-order valence-electron chi connectivity index (χ2n) is 3.54. The molecule has 1 atom stereocenters. The average molecular weight is 217 g/mol. The van der Waals surface area contributed by atoms with Crippen molar-refractivity contribution in [2.24, 2.45) is 5.73 Å². The van der Waals surface area contributed by atoms with Crippen molar-refractivity contribution in [3.63, 3.8) is 0 Å². The first-order chi connectivity index (χ1) is 7.66. The lowest BCUT2D eigenvalue weighted by Crippen LogP contribution is -2.32. The Bertz CT molecular complexity index is 527. The van der Waals surface area contributed by atoms with E-state index in [1.165, 1.54) is 0 Å². The fourth-order valence-corrected chi connectivity index (χ4v) is 1.44. The van der Waals surface area contributed by atoms with E-state index >= 15 is 0 Å². The lowest BCUT2D eigenvalue weighted by molar-refractivity contribution is -0.138. The molecule has 1 unspecified atom stereocenters. The van der Waals surface area contributed by atoms with Crippen LogP contribution in [0.2, 0.25) is 0 Å². The zero-order valence-corrected chi connectivity index (χ0v) is 8.50. The Morgan fingerprint density at radius 3 is 2.88 bits per heavy atom. The number of nitrogens with zero attached hydrogens (tertiary/aromatic N) is 2. The molecule has 16 heavy (non-hydrogen) atoms. The molecule has 1 aromatic carbocycles. The van der Waals surface area contributed by atoms with Gasteiger partial charge in [0.15, 0.2) is 0 Å². The van der Waals surface area contributed by atoms with E-state index in [-0.39, 0.29) is 6.42 Å². The Balaban J connectivity index is 2.29. The summed E-state index contributed by atoms with van der Waals surface area (Å²) in [6.45, 7) is 0. The van der Waals surface area contributed by atoms with Crippen molar-refractivity contribution in [3.8, 4) is 0 Å². The van der Waals surface area contributed by atoms with Gasteiger partial charge in [0.25, 0.3) is 0 Å². The number of benzene rings is 1. The van der Waals surface area contributed by atoms with Gasteiger partial charge in [-0.3, -0.25) is 4.79 Å². The van der Waals surface area contributed by atoms with Crippen molar-refractivity contribution >= 4 is 16.9 Å². The highest BCUT2D eigenvalue weighted by Crippen LogP contribution is 2.11. The summed E-state index contributed by atoms with van der Waals surface area (Å²) in [6, 6.07) is 8.40. The minimum Gasteiger partial charge on any atom is -0.480 e. The molecular formula is C11H11N3O2. The molecule has 1 aromatic heterocycles. The third kappa shape index (κ3) is 2.14. The van der Waals surface area contributed by atoms with Crippen LogP contribution in [0.5, 0.6) is 0 Å². The van der Waals surface area contributed by atoms with Crippen molar-refractivity contribution < 1.29 is 9.90 Å². The van der Waals surface area contributed by atoms with E-state index in [1.54, 1.807) is 0 Å². The predicted octanol–water partition coefficient (Wildman–Crippen LogP) is 0.584. The van der Waals surface area contributed by atoms with Crippen LogP contribution in [-0.2, 0) is 11.2 Å². The fraction of sp³-hybridized carbons (Fsp3) is 0.182. The van der Waals surface area contributed by atoms with E-state index < -0.39 is 12.0 Å². The monoisotopic (exact) mass is 217 g/mol. The second-order valence-corrected chi connectivity index (χ2v) is 3.54. The highest BCUT2D eigenvalue weighted by Gasteiger charge is 2.13. The number of carboxylic acid groups (broad SMARTS) is 1. The molecule has 82 valence electrons. The minimum atomic E-state index is -1.03. The normalized spacial score (nSPS) is 12.6. The van der Waals surface area contributed by atoms with Gasteiger partial charge >= 0.3 is 5.97 Å². The third-order valence-electron chi connectivity index (χ3n) is 2.29. The predicted molar refractivity (Wildman–Crippen MR) is 58.9 cm³/mol. The van der Waals surface area contributed by atoms with Gasteiger partial charge in [-0.05, 0) is 12.1 Å². The van der Waals surface area contributed by atoms with Crippen LogP contribution in [0.25, 0.3) is 10.9 Å². The molecule has 2 rings (SSSR count). The van der Waals surface area contributed by atoms with Crippen LogP contribution in [0.15, 0.2) is 30.3 Å². The van der Waals surface area contributed by atoms with Crippen LogP contribution in [0, 0.1) is 0 Å². The lowest BCUT2D eigenvalue weighted by atomic mass is 10.1. The van der Waals surface area contributed by atoms with Crippen LogP contribution in [0.3, 0.4) is 0 Å². The molecule has 0 fully saturated rings. The molecule has 0 radical (unpaired) electrons. The zero-order chi connectivity index (χ0) is 11.5. The average Bonchev–Trinajstić information content (AvgIpc) is 2.28. The van der Waals surface area contributed by atoms with Crippen molar-refractivity contribution in [2.45, 2.75) is 12.5 Å². The summed E-state index contributed by atoms with van der Waals surface area (Å²) < 4.78 is 0. The van der Waals surface area contributed by atoms with Gasteiger partial charge in [-0.1, -0.05) is 18.2 Å². The molecule has 3 N–H and O–H groups in total.